The van der Waals surface area contributed by atoms with Crippen molar-refractivity contribution < 1.29 is 13.2 Å². The number of hydrogen-bond acceptors (Lipinski definition) is 0. The molecule has 132 valence electrons. The quantitative estimate of drug-likeness (QED) is 0.582. The maximum absolute atomic E-state index is 13.6. The molecule has 0 N–H and O–H groups in total. The Morgan fingerprint density at radius 1 is 0.808 bits per heavy atom. The van der Waals surface area contributed by atoms with Crippen molar-refractivity contribution in [2.24, 2.45) is 0 Å². The van der Waals surface area contributed by atoms with Gasteiger partial charge in [-0.2, -0.15) is 13.2 Å². The standard InChI is InChI=1S/C23H19F3/c1-2-3-14-21(17-15-19-10-6-4-7-11-19)22(23(24,25)26)18-16-20-12-8-5-9-13-20/h4-13H,2-3,14H2,1H3/b22-21-. The third kappa shape index (κ3) is 6.19. The summed E-state index contributed by atoms with van der Waals surface area (Å²) >= 11 is 0. The number of rotatable bonds is 3. The van der Waals surface area contributed by atoms with E-state index in [0.717, 1.165) is 6.42 Å². The van der Waals surface area contributed by atoms with Crippen LogP contribution in [-0.4, -0.2) is 6.18 Å². The van der Waals surface area contributed by atoms with Gasteiger partial charge in [0.05, 0.1) is 0 Å². The minimum absolute atomic E-state index is 0.0478. The fourth-order valence-electron chi connectivity index (χ4n) is 2.25. The highest BCUT2D eigenvalue weighted by atomic mass is 19.4. The summed E-state index contributed by atoms with van der Waals surface area (Å²) in [7, 11) is 0. The summed E-state index contributed by atoms with van der Waals surface area (Å²) in [5.74, 6) is 10.5. The predicted octanol–water partition coefficient (Wildman–Crippen LogP) is 6.14. The second-order valence-electron chi connectivity index (χ2n) is 5.69. The Kier molecular flexibility index (Phi) is 7.12. The Balaban J connectivity index is 2.49. The van der Waals surface area contributed by atoms with E-state index in [1.165, 1.54) is 0 Å². The molecule has 0 radical (unpaired) electrons. The topological polar surface area (TPSA) is 0 Å². The molecule has 0 atom stereocenters. The van der Waals surface area contributed by atoms with E-state index in [4.69, 9.17) is 0 Å². The van der Waals surface area contributed by atoms with Crippen LogP contribution in [0.2, 0.25) is 0 Å². The van der Waals surface area contributed by atoms with Gasteiger partial charge in [-0.05, 0) is 37.1 Å². The van der Waals surface area contributed by atoms with Gasteiger partial charge in [-0.1, -0.05) is 73.4 Å². The van der Waals surface area contributed by atoms with Crippen LogP contribution in [-0.2, 0) is 0 Å². The predicted molar refractivity (Wildman–Crippen MR) is 99.2 cm³/mol. The lowest BCUT2D eigenvalue weighted by molar-refractivity contribution is -0.0878. The van der Waals surface area contributed by atoms with Gasteiger partial charge in [0.25, 0.3) is 0 Å². The van der Waals surface area contributed by atoms with Crippen LogP contribution in [0.5, 0.6) is 0 Å². The van der Waals surface area contributed by atoms with Crippen LogP contribution in [0.4, 0.5) is 13.2 Å². The highest BCUT2D eigenvalue weighted by molar-refractivity contribution is 5.51. The lowest BCUT2D eigenvalue weighted by atomic mass is 10.0. The first-order valence-corrected chi connectivity index (χ1v) is 8.45. The Morgan fingerprint density at radius 3 is 1.77 bits per heavy atom. The molecular weight excluding hydrogens is 333 g/mol. The average molecular weight is 352 g/mol. The zero-order valence-electron chi connectivity index (χ0n) is 14.5. The van der Waals surface area contributed by atoms with Gasteiger partial charge in [-0.25, -0.2) is 0 Å². The summed E-state index contributed by atoms with van der Waals surface area (Å²) < 4.78 is 40.8. The van der Waals surface area contributed by atoms with Crippen LogP contribution >= 0.6 is 0 Å². The van der Waals surface area contributed by atoms with E-state index in [0.29, 0.717) is 17.5 Å². The summed E-state index contributed by atoms with van der Waals surface area (Å²) in [4.78, 5) is 0. The van der Waals surface area contributed by atoms with E-state index in [9.17, 15) is 13.2 Å². The van der Waals surface area contributed by atoms with Crippen molar-refractivity contribution in [3.63, 3.8) is 0 Å². The summed E-state index contributed by atoms with van der Waals surface area (Å²) in [6.45, 7) is 1.94. The molecule has 0 nitrogen and oxygen atoms in total. The number of halogens is 3. The summed E-state index contributed by atoms with van der Waals surface area (Å²) in [5.41, 5.74) is 0.420. The molecule has 0 aliphatic rings. The van der Waals surface area contributed by atoms with Crippen molar-refractivity contribution >= 4 is 0 Å². The zero-order chi connectivity index (χ0) is 18.8. The van der Waals surface area contributed by atoms with E-state index in [2.05, 4.69) is 23.7 Å². The molecule has 0 saturated carbocycles. The van der Waals surface area contributed by atoms with Gasteiger partial charge in [-0.15, -0.1) is 0 Å². The van der Waals surface area contributed by atoms with Crippen LogP contribution < -0.4 is 0 Å². The maximum Gasteiger partial charge on any atom is 0.425 e. The van der Waals surface area contributed by atoms with Crippen LogP contribution in [0.3, 0.4) is 0 Å². The van der Waals surface area contributed by atoms with Crippen LogP contribution in [0.15, 0.2) is 71.8 Å². The molecule has 0 aromatic heterocycles. The lowest BCUT2D eigenvalue weighted by Crippen LogP contribution is -2.13. The molecule has 0 heterocycles. The van der Waals surface area contributed by atoms with Crippen molar-refractivity contribution in [1.82, 2.24) is 0 Å². The Labute approximate surface area is 152 Å². The molecule has 0 aliphatic heterocycles. The second kappa shape index (κ2) is 9.54. The first-order valence-electron chi connectivity index (χ1n) is 8.45. The maximum atomic E-state index is 13.6. The average Bonchev–Trinajstić information content (AvgIpc) is 2.64. The third-order valence-electron chi connectivity index (χ3n) is 3.60. The number of hydrogen-bond donors (Lipinski definition) is 0. The van der Waals surface area contributed by atoms with Gasteiger partial charge in [0.2, 0.25) is 0 Å². The van der Waals surface area contributed by atoms with Crippen molar-refractivity contribution in [1.29, 1.82) is 0 Å². The normalized spacial score (nSPS) is 11.5. The molecule has 0 unspecified atom stereocenters. The zero-order valence-corrected chi connectivity index (χ0v) is 14.5. The fourth-order valence-corrected chi connectivity index (χ4v) is 2.25. The first kappa shape index (κ1) is 19.4. The number of benzene rings is 2. The minimum Gasteiger partial charge on any atom is -0.165 e. The highest BCUT2D eigenvalue weighted by Crippen LogP contribution is 2.29. The van der Waals surface area contributed by atoms with Gasteiger partial charge < -0.3 is 0 Å². The summed E-state index contributed by atoms with van der Waals surface area (Å²) in [6, 6.07) is 17.6. The molecule has 2 rings (SSSR count). The van der Waals surface area contributed by atoms with Gasteiger partial charge in [0.15, 0.2) is 0 Å². The smallest absolute Gasteiger partial charge is 0.165 e. The van der Waals surface area contributed by atoms with E-state index >= 15 is 0 Å². The van der Waals surface area contributed by atoms with Crippen molar-refractivity contribution in [3.05, 3.63) is 82.9 Å². The van der Waals surface area contributed by atoms with Gasteiger partial charge >= 0.3 is 6.18 Å². The molecule has 0 fully saturated rings. The molecular formula is C23H19F3. The van der Waals surface area contributed by atoms with E-state index in [1.54, 1.807) is 54.6 Å². The van der Waals surface area contributed by atoms with Crippen LogP contribution in [0, 0.1) is 23.7 Å². The molecule has 0 aliphatic carbocycles. The minimum atomic E-state index is -4.53. The second-order valence-corrected chi connectivity index (χ2v) is 5.69. The molecule has 2 aromatic carbocycles. The fraction of sp³-hybridized carbons (Fsp3) is 0.217. The third-order valence-corrected chi connectivity index (χ3v) is 3.60. The molecule has 26 heavy (non-hydrogen) atoms. The van der Waals surface area contributed by atoms with E-state index < -0.39 is 11.7 Å². The highest BCUT2D eigenvalue weighted by Gasteiger charge is 2.35. The van der Waals surface area contributed by atoms with Gasteiger partial charge in [-0.3, -0.25) is 0 Å². The number of unbranched alkanes of at least 4 members (excludes halogenated alkanes) is 1. The Hall–Kier alpha value is -2.91. The Bertz CT molecular complexity index is 852. The van der Waals surface area contributed by atoms with E-state index in [-0.39, 0.29) is 12.0 Å². The van der Waals surface area contributed by atoms with Gasteiger partial charge in [0.1, 0.15) is 5.57 Å². The summed E-state index contributed by atoms with van der Waals surface area (Å²) in [6.07, 6.45) is -2.86. The van der Waals surface area contributed by atoms with E-state index in [1.807, 2.05) is 13.0 Å². The SMILES string of the molecule is CCCC/C(C#Cc1ccccc1)=C(\C#Cc1ccccc1)C(F)(F)F. The lowest BCUT2D eigenvalue weighted by Gasteiger charge is -2.09. The molecule has 0 bridgehead atoms. The largest absolute Gasteiger partial charge is 0.425 e. The first-order chi connectivity index (χ1) is 12.5. The monoisotopic (exact) mass is 352 g/mol. The summed E-state index contributed by atoms with van der Waals surface area (Å²) in [5, 5.41) is 0. The van der Waals surface area contributed by atoms with Crippen LogP contribution in [0.1, 0.15) is 37.3 Å². The molecule has 0 saturated heterocycles. The molecule has 0 amide bonds. The molecule has 2 aromatic rings. The van der Waals surface area contributed by atoms with Crippen molar-refractivity contribution in [2.45, 2.75) is 32.4 Å². The Morgan fingerprint density at radius 2 is 1.31 bits per heavy atom. The van der Waals surface area contributed by atoms with Crippen LogP contribution in [0.25, 0.3) is 0 Å². The molecule has 0 spiro atoms. The van der Waals surface area contributed by atoms with Crippen molar-refractivity contribution in [3.8, 4) is 23.7 Å². The number of alkyl halides is 3. The van der Waals surface area contributed by atoms with Gasteiger partial charge in [0, 0.05) is 16.7 Å². The van der Waals surface area contributed by atoms with Crippen molar-refractivity contribution in [2.75, 3.05) is 0 Å². The number of allylic oxidation sites excluding steroid dienone is 2. The molecule has 3 heteroatoms.